The van der Waals surface area contributed by atoms with Gasteiger partial charge in [-0.2, -0.15) is 0 Å². The van der Waals surface area contributed by atoms with Gasteiger partial charge in [0.1, 0.15) is 0 Å². The van der Waals surface area contributed by atoms with Gasteiger partial charge in [0.15, 0.2) is 0 Å². The van der Waals surface area contributed by atoms with Crippen molar-refractivity contribution >= 4 is 46.9 Å². The summed E-state index contributed by atoms with van der Waals surface area (Å²) < 4.78 is 0. The number of aryl methyl sites for hydroxylation is 1. The van der Waals surface area contributed by atoms with Crippen molar-refractivity contribution in [2.75, 3.05) is 11.5 Å². The number of hydrogen-bond acceptors (Lipinski definition) is 4. The van der Waals surface area contributed by atoms with Gasteiger partial charge in [-0.3, -0.25) is 20.4 Å². The smallest absolute Gasteiger partial charge is 0.248 e. The van der Waals surface area contributed by atoms with Crippen LogP contribution in [0.15, 0.2) is 58.3 Å². The van der Waals surface area contributed by atoms with Gasteiger partial charge in [-0.1, -0.05) is 29.3 Å². The van der Waals surface area contributed by atoms with Gasteiger partial charge < -0.3 is 0 Å². The number of hydrazine groups is 1. The molecule has 2 aromatic carbocycles. The standard InChI is InChI=1S/C18H19ClN2O2S2/c1-13-2-6-16(7-3-13)25-12-18(23)21-20-17(22)10-11-24-15-8-4-14(19)5-9-15/h2-9H,10-12H2,1H3,(H,20,22)(H,21,23). The van der Waals surface area contributed by atoms with Gasteiger partial charge in [0.2, 0.25) is 11.8 Å². The van der Waals surface area contributed by atoms with Crippen LogP contribution in [0, 0.1) is 6.92 Å². The van der Waals surface area contributed by atoms with Crippen LogP contribution >= 0.6 is 35.1 Å². The molecule has 0 atom stereocenters. The normalized spacial score (nSPS) is 10.3. The van der Waals surface area contributed by atoms with Crippen LogP contribution in [0.25, 0.3) is 0 Å². The monoisotopic (exact) mass is 394 g/mol. The van der Waals surface area contributed by atoms with Crippen molar-refractivity contribution in [3.8, 4) is 0 Å². The van der Waals surface area contributed by atoms with Crippen molar-refractivity contribution in [2.45, 2.75) is 23.1 Å². The average Bonchev–Trinajstić information content (AvgIpc) is 2.61. The van der Waals surface area contributed by atoms with Crippen LogP contribution in [0.2, 0.25) is 5.02 Å². The molecule has 0 unspecified atom stereocenters. The third-order valence-electron chi connectivity index (χ3n) is 3.14. The first-order valence-corrected chi connectivity index (χ1v) is 10.0. The quantitative estimate of drug-likeness (QED) is 0.549. The molecule has 2 N–H and O–H groups in total. The molecule has 2 rings (SSSR count). The van der Waals surface area contributed by atoms with E-state index >= 15 is 0 Å². The van der Waals surface area contributed by atoms with E-state index in [0.717, 1.165) is 9.79 Å². The molecule has 0 saturated heterocycles. The summed E-state index contributed by atoms with van der Waals surface area (Å²) in [5.74, 6) is 0.434. The highest BCUT2D eigenvalue weighted by Gasteiger charge is 2.06. The Morgan fingerprint density at radius 3 is 2.12 bits per heavy atom. The summed E-state index contributed by atoms with van der Waals surface area (Å²) >= 11 is 8.81. The predicted molar refractivity (Wildman–Crippen MR) is 105 cm³/mol. The second kappa shape index (κ2) is 10.4. The molecule has 0 heterocycles. The minimum absolute atomic E-state index is 0.213. The van der Waals surface area contributed by atoms with E-state index < -0.39 is 0 Å². The van der Waals surface area contributed by atoms with E-state index in [9.17, 15) is 9.59 Å². The molecule has 0 aliphatic rings. The van der Waals surface area contributed by atoms with E-state index in [1.54, 1.807) is 11.8 Å². The van der Waals surface area contributed by atoms with Gasteiger partial charge in [-0.15, -0.1) is 23.5 Å². The summed E-state index contributed by atoms with van der Waals surface area (Å²) in [5.41, 5.74) is 6.05. The van der Waals surface area contributed by atoms with Crippen molar-refractivity contribution in [1.82, 2.24) is 10.9 Å². The third-order valence-corrected chi connectivity index (χ3v) is 5.42. The molecule has 2 aromatic rings. The fourth-order valence-corrected chi connectivity index (χ4v) is 3.49. The Morgan fingerprint density at radius 2 is 1.44 bits per heavy atom. The molecular formula is C18H19ClN2O2S2. The second-order valence-electron chi connectivity index (χ2n) is 5.25. The number of benzene rings is 2. The summed E-state index contributed by atoms with van der Waals surface area (Å²) in [7, 11) is 0. The number of nitrogens with one attached hydrogen (secondary N) is 2. The van der Waals surface area contributed by atoms with Crippen LogP contribution in [0.4, 0.5) is 0 Å². The molecule has 25 heavy (non-hydrogen) atoms. The van der Waals surface area contributed by atoms with Gasteiger partial charge >= 0.3 is 0 Å². The van der Waals surface area contributed by atoms with Crippen molar-refractivity contribution in [2.24, 2.45) is 0 Å². The van der Waals surface area contributed by atoms with E-state index in [0.29, 0.717) is 17.2 Å². The van der Waals surface area contributed by atoms with Crippen LogP contribution < -0.4 is 10.9 Å². The van der Waals surface area contributed by atoms with Gasteiger partial charge in [0.25, 0.3) is 0 Å². The number of thioether (sulfide) groups is 2. The number of amides is 2. The molecule has 0 fully saturated rings. The Balaban J connectivity index is 1.59. The fourth-order valence-electron chi connectivity index (χ4n) is 1.81. The molecule has 0 spiro atoms. The zero-order valence-corrected chi connectivity index (χ0v) is 16.1. The minimum atomic E-state index is -0.232. The Hall–Kier alpha value is -1.63. The molecule has 0 saturated carbocycles. The van der Waals surface area contributed by atoms with Gasteiger partial charge in [0, 0.05) is 27.0 Å². The minimum Gasteiger partial charge on any atom is -0.273 e. The van der Waals surface area contributed by atoms with Gasteiger partial charge in [-0.25, -0.2) is 0 Å². The lowest BCUT2D eigenvalue weighted by molar-refractivity contribution is -0.127. The fraction of sp³-hybridized carbons (Fsp3) is 0.222. The molecule has 0 aromatic heterocycles. The largest absolute Gasteiger partial charge is 0.273 e. The summed E-state index contributed by atoms with van der Waals surface area (Å²) in [6, 6.07) is 15.4. The van der Waals surface area contributed by atoms with Crippen molar-refractivity contribution in [3.05, 3.63) is 59.1 Å². The SMILES string of the molecule is Cc1ccc(SCC(=O)NNC(=O)CCSc2ccc(Cl)cc2)cc1. The van der Waals surface area contributed by atoms with E-state index in [1.165, 1.54) is 17.3 Å². The van der Waals surface area contributed by atoms with Crippen molar-refractivity contribution < 1.29 is 9.59 Å². The molecule has 7 heteroatoms. The number of hydrogen-bond donors (Lipinski definition) is 2. The Kier molecular flexibility index (Phi) is 8.18. The lowest BCUT2D eigenvalue weighted by Crippen LogP contribution is -2.42. The maximum Gasteiger partial charge on any atom is 0.248 e. The van der Waals surface area contributed by atoms with Crippen LogP contribution in [-0.2, 0) is 9.59 Å². The zero-order valence-electron chi connectivity index (χ0n) is 13.8. The molecule has 0 aliphatic carbocycles. The summed E-state index contributed by atoms with van der Waals surface area (Å²) in [4.78, 5) is 25.6. The first-order valence-electron chi connectivity index (χ1n) is 7.68. The number of carbonyl (C=O) groups is 2. The third kappa shape index (κ3) is 7.86. The highest BCUT2D eigenvalue weighted by molar-refractivity contribution is 8.00. The molecule has 132 valence electrons. The molecular weight excluding hydrogens is 376 g/mol. The summed E-state index contributed by atoms with van der Waals surface area (Å²) in [6.07, 6.45) is 0.318. The molecule has 0 aliphatic heterocycles. The Bertz CT molecular complexity index is 706. The summed E-state index contributed by atoms with van der Waals surface area (Å²) in [5, 5.41) is 0.688. The van der Waals surface area contributed by atoms with E-state index in [1.807, 2.05) is 55.5 Å². The molecule has 2 amide bonds. The number of halogens is 1. The lowest BCUT2D eigenvalue weighted by Gasteiger charge is -2.07. The maximum atomic E-state index is 11.8. The summed E-state index contributed by atoms with van der Waals surface area (Å²) in [6.45, 7) is 2.02. The topological polar surface area (TPSA) is 58.2 Å². The molecule has 0 radical (unpaired) electrons. The highest BCUT2D eigenvalue weighted by Crippen LogP contribution is 2.21. The first kappa shape index (κ1) is 19.7. The van der Waals surface area contributed by atoms with Gasteiger partial charge in [0.05, 0.1) is 5.75 Å². The second-order valence-corrected chi connectivity index (χ2v) is 7.90. The van der Waals surface area contributed by atoms with Crippen LogP contribution in [0.1, 0.15) is 12.0 Å². The highest BCUT2D eigenvalue weighted by atomic mass is 35.5. The number of carbonyl (C=O) groups excluding carboxylic acids is 2. The lowest BCUT2D eigenvalue weighted by atomic mass is 10.2. The van der Waals surface area contributed by atoms with Crippen molar-refractivity contribution in [1.29, 1.82) is 0 Å². The van der Waals surface area contributed by atoms with Crippen LogP contribution in [0.3, 0.4) is 0 Å². The van der Waals surface area contributed by atoms with E-state index in [-0.39, 0.29) is 17.6 Å². The molecule has 4 nitrogen and oxygen atoms in total. The number of rotatable bonds is 7. The average molecular weight is 395 g/mol. The van der Waals surface area contributed by atoms with Crippen molar-refractivity contribution in [3.63, 3.8) is 0 Å². The maximum absolute atomic E-state index is 11.8. The zero-order chi connectivity index (χ0) is 18.1. The van der Waals surface area contributed by atoms with Gasteiger partial charge in [-0.05, 0) is 43.3 Å². The Labute approximate surface area is 161 Å². The molecule has 0 bridgehead atoms. The van der Waals surface area contributed by atoms with E-state index in [2.05, 4.69) is 10.9 Å². The first-order chi connectivity index (χ1) is 12.0. The predicted octanol–water partition coefficient (Wildman–Crippen LogP) is 4.07. The van der Waals surface area contributed by atoms with E-state index in [4.69, 9.17) is 11.6 Å². The van der Waals surface area contributed by atoms with Crippen LogP contribution in [0.5, 0.6) is 0 Å². The van der Waals surface area contributed by atoms with Crippen LogP contribution in [-0.4, -0.2) is 23.3 Å². The Morgan fingerprint density at radius 1 is 0.880 bits per heavy atom.